The Bertz CT molecular complexity index is 632. The van der Waals surface area contributed by atoms with Gasteiger partial charge in [0.2, 0.25) is 5.88 Å². The topological polar surface area (TPSA) is 53.5 Å². The second kappa shape index (κ2) is 11.3. The van der Waals surface area contributed by atoms with E-state index in [1.807, 2.05) is 65.0 Å². The van der Waals surface area contributed by atoms with Crippen molar-refractivity contribution in [2.75, 3.05) is 13.2 Å². The van der Waals surface area contributed by atoms with Gasteiger partial charge in [-0.25, -0.2) is 4.98 Å². The van der Waals surface area contributed by atoms with E-state index in [0.29, 0.717) is 19.1 Å². The highest BCUT2D eigenvalue weighted by Crippen LogP contribution is 2.49. The number of hydrogen-bond donors (Lipinski definition) is 0. The van der Waals surface area contributed by atoms with Crippen LogP contribution in [0.15, 0.2) is 36.4 Å². The zero-order valence-electron chi connectivity index (χ0n) is 15.4. The van der Waals surface area contributed by atoms with Crippen LogP contribution >= 0.6 is 6.72 Å². The molecular weight excluding hydrogens is 355 g/mol. The van der Waals surface area contributed by atoms with Crippen LogP contribution in [-0.4, -0.2) is 23.2 Å². The minimum atomic E-state index is -2.77. The van der Waals surface area contributed by atoms with Crippen molar-refractivity contribution in [3.8, 4) is 5.88 Å². The van der Waals surface area contributed by atoms with Crippen molar-refractivity contribution in [2.24, 2.45) is 0 Å². The van der Waals surface area contributed by atoms with Crippen LogP contribution in [0.1, 0.15) is 45.1 Å². The Kier molecular flexibility index (Phi) is 9.83. The van der Waals surface area contributed by atoms with Gasteiger partial charge in [-0.2, -0.15) is 4.98 Å². The van der Waals surface area contributed by atoms with Gasteiger partial charge in [0.25, 0.3) is 0 Å². The van der Waals surface area contributed by atoms with E-state index in [2.05, 4.69) is 16.0 Å². The number of rotatable bonds is 7. The van der Waals surface area contributed by atoms with Crippen LogP contribution in [0.25, 0.3) is 0 Å². The molecule has 0 fully saturated rings. The predicted molar refractivity (Wildman–Crippen MR) is 104 cm³/mol. The Morgan fingerprint density at radius 1 is 1.08 bits per heavy atom. The molecule has 0 N–H and O–H groups in total. The molecule has 1 radical (unpaired) electrons. The normalized spacial score (nSPS) is 11.0. The third kappa shape index (κ3) is 8.54. The fraction of sp³-hybridized carbons (Fsp3) is 0.444. The van der Waals surface area contributed by atoms with E-state index in [4.69, 9.17) is 25.4 Å². The molecule has 0 spiro atoms. The first-order chi connectivity index (χ1) is 11.9. The predicted octanol–water partition coefficient (Wildman–Crippen LogP) is 5.07. The minimum absolute atomic E-state index is 0.222. The van der Waals surface area contributed by atoms with Crippen molar-refractivity contribution >= 4 is 18.5 Å². The van der Waals surface area contributed by atoms with E-state index in [0.717, 1.165) is 11.5 Å². The molecule has 0 aliphatic rings. The molecule has 0 saturated carbocycles. The van der Waals surface area contributed by atoms with Crippen LogP contribution in [-0.2, 0) is 20.9 Å². The van der Waals surface area contributed by atoms with Gasteiger partial charge in [-0.15, -0.1) is 0 Å². The molecule has 2 aromatic rings. The van der Waals surface area contributed by atoms with Gasteiger partial charge in [0, 0.05) is 29.5 Å². The third-order valence-corrected chi connectivity index (χ3v) is 5.17. The first-order valence-electron chi connectivity index (χ1n) is 8.25. The van der Waals surface area contributed by atoms with Crippen LogP contribution in [0.4, 0.5) is 0 Å². The number of aromatic nitrogens is 2. The lowest BCUT2D eigenvalue weighted by molar-refractivity contribution is 0.215. The standard InChI is InChI=1S/C12H21N2O3PS.C6H5/c1-6-15-18(19,16-7-2)17-11-8-10(5)13-12(14-11)9(3)4;1-2-4-6-5-3-1/h8-9H,6-7H2,1-5H3;1-5H. The maximum atomic E-state index is 5.68. The highest BCUT2D eigenvalue weighted by molar-refractivity contribution is 8.07. The number of benzene rings is 1. The first kappa shape index (κ1) is 21.7. The molecule has 0 bridgehead atoms. The molecule has 7 heteroatoms. The average Bonchev–Trinajstić information content (AvgIpc) is 2.56. The van der Waals surface area contributed by atoms with Gasteiger partial charge in [-0.05, 0) is 26.8 Å². The molecule has 137 valence electrons. The number of nitrogens with zero attached hydrogens (tertiary/aromatic N) is 2. The highest BCUT2D eigenvalue weighted by Gasteiger charge is 2.22. The van der Waals surface area contributed by atoms with Crippen molar-refractivity contribution in [3.63, 3.8) is 0 Å². The van der Waals surface area contributed by atoms with E-state index in [1.54, 1.807) is 6.07 Å². The van der Waals surface area contributed by atoms with Crippen LogP contribution in [0, 0.1) is 13.0 Å². The summed E-state index contributed by atoms with van der Waals surface area (Å²) in [4.78, 5) is 8.71. The first-order valence-corrected chi connectivity index (χ1v) is 10.8. The fourth-order valence-corrected chi connectivity index (χ4v) is 3.73. The summed E-state index contributed by atoms with van der Waals surface area (Å²) >= 11 is 5.32. The minimum Gasteiger partial charge on any atom is -0.406 e. The zero-order valence-corrected chi connectivity index (χ0v) is 17.1. The van der Waals surface area contributed by atoms with Crippen molar-refractivity contribution in [1.29, 1.82) is 0 Å². The van der Waals surface area contributed by atoms with Crippen molar-refractivity contribution < 1.29 is 13.6 Å². The summed E-state index contributed by atoms with van der Waals surface area (Å²) < 4.78 is 16.6. The van der Waals surface area contributed by atoms with Gasteiger partial charge >= 0.3 is 6.72 Å². The summed E-state index contributed by atoms with van der Waals surface area (Å²) in [6.07, 6.45) is 0. The molecule has 0 aliphatic heterocycles. The summed E-state index contributed by atoms with van der Waals surface area (Å²) in [5.41, 5.74) is 0.836. The monoisotopic (exact) mass is 381 g/mol. The SMILES string of the molecule is CCOP(=S)(OCC)Oc1cc(C)nc(C(C)C)n1.[c]1ccccc1. The molecule has 0 saturated heterocycles. The third-order valence-electron chi connectivity index (χ3n) is 2.75. The lowest BCUT2D eigenvalue weighted by atomic mass is 10.2. The molecule has 0 aliphatic carbocycles. The Balaban J connectivity index is 0.000000435. The van der Waals surface area contributed by atoms with Crippen LogP contribution in [0.3, 0.4) is 0 Å². The van der Waals surface area contributed by atoms with Crippen LogP contribution in [0.5, 0.6) is 5.88 Å². The second-order valence-electron chi connectivity index (χ2n) is 5.31. The van der Waals surface area contributed by atoms with Gasteiger partial charge in [-0.3, -0.25) is 9.05 Å². The van der Waals surface area contributed by atoms with Gasteiger partial charge in [0.05, 0.1) is 13.2 Å². The van der Waals surface area contributed by atoms with Gasteiger partial charge in [0.1, 0.15) is 5.82 Å². The Morgan fingerprint density at radius 3 is 2.08 bits per heavy atom. The molecule has 1 heterocycles. The Labute approximate surface area is 156 Å². The van der Waals surface area contributed by atoms with Crippen molar-refractivity contribution in [3.05, 3.63) is 54.0 Å². The van der Waals surface area contributed by atoms with E-state index >= 15 is 0 Å². The quantitative estimate of drug-likeness (QED) is 0.624. The largest absolute Gasteiger partial charge is 0.406 e. The fourth-order valence-electron chi connectivity index (χ4n) is 1.73. The van der Waals surface area contributed by atoms with Gasteiger partial charge in [0.15, 0.2) is 0 Å². The molecule has 1 aromatic carbocycles. The van der Waals surface area contributed by atoms with Crippen molar-refractivity contribution in [2.45, 2.75) is 40.5 Å². The van der Waals surface area contributed by atoms with Gasteiger partial charge in [-0.1, -0.05) is 44.2 Å². The van der Waals surface area contributed by atoms with E-state index in [9.17, 15) is 0 Å². The maximum Gasteiger partial charge on any atom is 0.381 e. The maximum absolute atomic E-state index is 5.68. The summed E-state index contributed by atoms with van der Waals surface area (Å²) in [7, 11) is 0. The Hall–Kier alpha value is -1.33. The number of hydrogen-bond acceptors (Lipinski definition) is 6. The van der Waals surface area contributed by atoms with Crippen LogP contribution in [0.2, 0.25) is 0 Å². The molecule has 5 nitrogen and oxygen atoms in total. The van der Waals surface area contributed by atoms with Crippen LogP contribution < -0.4 is 4.52 Å². The van der Waals surface area contributed by atoms with Crippen molar-refractivity contribution in [1.82, 2.24) is 9.97 Å². The smallest absolute Gasteiger partial charge is 0.381 e. The molecular formula is C18H26N2O3PS. The van der Waals surface area contributed by atoms with E-state index < -0.39 is 6.72 Å². The average molecular weight is 381 g/mol. The molecule has 1 aromatic heterocycles. The van der Waals surface area contributed by atoms with Gasteiger partial charge < -0.3 is 4.52 Å². The second-order valence-corrected chi connectivity index (χ2v) is 8.25. The van der Waals surface area contributed by atoms with E-state index in [1.165, 1.54) is 0 Å². The lowest BCUT2D eigenvalue weighted by Crippen LogP contribution is -2.06. The summed E-state index contributed by atoms with van der Waals surface area (Å²) in [5, 5.41) is 0. The molecule has 0 amide bonds. The molecule has 0 unspecified atom stereocenters. The molecule has 25 heavy (non-hydrogen) atoms. The summed E-state index contributed by atoms with van der Waals surface area (Å²) in [6.45, 7) is 7.78. The summed E-state index contributed by atoms with van der Waals surface area (Å²) in [6, 6.07) is 14.2. The molecule has 0 atom stereocenters. The Morgan fingerprint density at radius 2 is 1.68 bits per heavy atom. The molecule has 2 rings (SSSR count). The van der Waals surface area contributed by atoms with E-state index in [-0.39, 0.29) is 5.92 Å². The lowest BCUT2D eigenvalue weighted by Gasteiger charge is -2.20. The highest BCUT2D eigenvalue weighted by atomic mass is 32.5. The summed E-state index contributed by atoms with van der Waals surface area (Å²) in [5.74, 6) is 1.37. The zero-order chi connectivity index (χ0) is 18.7. The number of aryl methyl sites for hydroxylation is 1.